The lowest BCUT2D eigenvalue weighted by Crippen LogP contribution is -2.45. The maximum absolute atomic E-state index is 3.70. The van der Waals surface area contributed by atoms with Gasteiger partial charge < -0.3 is 10.2 Å². The third kappa shape index (κ3) is 7.38. The SMILES string of the molecule is CCCNC(CN(CC)CC(CC)CC)C(C)C. The van der Waals surface area contributed by atoms with Crippen molar-refractivity contribution in [1.29, 1.82) is 0 Å². The lowest BCUT2D eigenvalue weighted by Gasteiger charge is -2.31. The van der Waals surface area contributed by atoms with E-state index in [1.165, 1.54) is 38.9 Å². The fourth-order valence-corrected chi connectivity index (χ4v) is 2.36. The normalized spacial score (nSPS) is 13.8. The largest absolute Gasteiger partial charge is 0.312 e. The second-order valence-corrected chi connectivity index (χ2v) is 5.84. The molecule has 0 saturated carbocycles. The number of nitrogens with zero attached hydrogens (tertiary/aromatic N) is 1. The first-order valence-corrected chi connectivity index (χ1v) is 8.04. The van der Waals surface area contributed by atoms with Gasteiger partial charge in [0.15, 0.2) is 0 Å². The van der Waals surface area contributed by atoms with Crippen molar-refractivity contribution in [3.63, 3.8) is 0 Å². The van der Waals surface area contributed by atoms with Gasteiger partial charge in [0.1, 0.15) is 0 Å². The minimum Gasteiger partial charge on any atom is -0.312 e. The van der Waals surface area contributed by atoms with Crippen LogP contribution in [0.5, 0.6) is 0 Å². The van der Waals surface area contributed by atoms with Gasteiger partial charge in [-0.3, -0.25) is 0 Å². The van der Waals surface area contributed by atoms with Crippen molar-refractivity contribution in [3.8, 4) is 0 Å². The molecule has 1 atom stereocenters. The highest BCUT2D eigenvalue weighted by Gasteiger charge is 2.17. The first kappa shape index (κ1) is 17.9. The molecule has 0 aromatic rings. The van der Waals surface area contributed by atoms with Crippen LogP contribution in [0.4, 0.5) is 0 Å². The quantitative estimate of drug-likeness (QED) is 0.605. The summed E-state index contributed by atoms with van der Waals surface area (Å²) < 4.78 is 0. The van der Waals surface area contributed by atoms with E-state index >= 15 is 0 Å². The molecule has 0 aliphatic rings. The maximum atomic E-state index is 3.70. The molecule has 1 N–H and O–H groups in total. The summed E-state index contributed by atoms with van der Waals surface area (Å²) in [7, 11) is 0. The fraction of sp³-hybridized carbons (Fsp3) is 1.00. The summed E-state index contributed by atoms with van der Waals surface area (Å²) in [6.45, 7) is 18.6. The van der Waals surface area contributed by atoms with Crippen molar-refractivity contribution in [1.82, 2.24) is 10.2 Å². The molecule has 0 radical (unpaired) electrons. The van der Waals surface area contributed by atoms with Gasteiger partial charge in [0, 0.05) is 19.1 Å². The Kier molecular flexibility index (Phi) is 10.8. The summed E-state index contributed by atoms with van der Waals surface area (Å²) in [5.74, 6) is 1.58. The molecule has 0 aliphatic carbocycles. The van der Waals surface area contributed by atoms with Crippen molar-refractivity contribution in [2.75, 3.05) is 26.2 Å². The van der Waals surface area contributed by atoms with Crippen LogP contribution in [0.1, 0.15) is 60.8 Å². The van der Waals surface area contributed by atoms with E-state index in [9.17, 15) is 0 Å². The molecule has 0 saturated heterocycles. The monoisotopic (exact) mass is 256 g/mol. The molecule has 0 aromatic carbocycles. The van der Waals surface area contributed by atoms with E-state index in [0.717, 1.165) is 12.5 Å². The second kappa shape index (κ2) is 10.8. The molecule has 0 amide bonds. The number of nitrogens with one attached hydrogen (secondary N) is 1. The molecule has 1 unspecified atom stereocenters. The molecule has 0 bridgehead atoms. The standard InChI is InChI=1S/C16H36N2/c1-7-11-17-16(14(5)6)13-18(10-4)12-15(8-2)9-3/h14-17H,7-13H2,1-6H3. The third-order valence-corrected chi connectivity index (χ3v) is 4.03. The zero-order chi connectivity index (χ0) is 14.0. The minimum absolute atomic E-state index is 0.638. The lowest BCUT2D eigenvalue weighted by molar-refractivity contribution is 0.193. The van der Waals surface area contributed by atoms with Gasteiger partial charge in [-0.25, -0.2) is 0 Å². The Morgan fingerprint density at radius 1 is 0.944 bits per heavy atom. The Bertz CT molecular complexity index is 176. The highest BCUT2D eigenvalue weighted by atomic mass is 15.1. The molecule has 0 heterocycles. The Balaban J connectivity index is 4.27. The van der Waals surface area contributed by atoms with E-state index < -0.39 is 0 Å². The van der Waals surface area contributed by atoms with Gasteiger partial charge in [0.05, 0.1) is 0 Å². The van der Waals surface area contributed by atoms with E-state index in [0.29, 0.717) is 12.0 Å². The summed E-state index contributed by atoms with van der Waals surface area (Å²) in [4.78, 5) is 2.63. The predicted octanol–water partition coefficient (Wildman–Crippen LogP) is 3.77. The highest BCUT2D eigenvalue weighted by Crippen LogP contribution is 2.12. The summed E-state index contributed by atoms with van der Waals surface area (Å²) in [5, 5.41) is 3.70. The Hall–Kier alpha value is -0.0800. The molecule has 0 spiro atoms. The van der Waals surface area contributed by atoms with Crippen LogP contribution >= 0.6 is 0 Å². The Labute approximate surface area is 116 Å². The van der Waals surface area contributed by atoms with Gasteiger partial charge in [-0.2, -0.15) is 0 Å². The van der Waals surface area contributed by atoms with E-state index in [4.69, 9.17) is 0 Å². The molecule has 18 heavy (non-hydrogen) atoms. The van der Waals surface area contributed by atoms with Gasteiger partial charge in [-0.1, -0.05) is 54.4 Å². The average Bonchev–Trinajstić information content (AvgIpc) is 2.37. The molecular weight excluding hydrogens is 220 g/mol. The van der Waals surface area contributed by atoms with Gasteiger partial charge >= 0.3 is 0 Å². The zero-order valence-corrected chi connectivity index (χ0v) is 13.6. The number of hydrogen-bond donors (Lipinski definition) is 1. The van der Waals surface area contributed by atoms with Crippen molar-refractivity contribution in [2.45, 2.75) is 66.8 Å². The first-order valence-electron chi connectivity index (χ1n) is 8.04. The fourth-order valence-electron chi connectivity index (χ4n) is 2.36. The van der Waals surface area contributed by atoms with Crippen LogP contribution < -0.4 is 5.32 Å². The van der Waals surface area contributed by atoms with Crippen molar-refractivity contribution in [2.24, 2.45) is 11.8 Å². The molecule has 0 rings (SSSR count). The van der Waals surface area contributed by atoms with E-state index in [-0.39, 0.29) is 0 Å². The van der Waals surface area contributed by atoms with E-state index in [1.54, 1.807) is 0 Å². The van der Waals surface area contributed by atoms with Crippen LogP contribution in [0.25, 0.3) is 0 Å². The van der Waals surface area contributed by atoms with Crippen LogP contribution in [-0.4, -0.2) is 37.1 Å². The predicted molar refractivity (Wildman–Crippen MR) is 83.1 cm³/mol. The van der Waals surface area contributed by atoms with Crippen molar-refractivity contribution in [3.05, 3.63) is 0 Å². The number of rotatable bonds is 11. The molecular formula is C16H36N2. The van der Waals surface area contributed by atoms with E-state index in [1.807, 2.05) is 0 Å². The second-order valence-electron chi connectivity index (χ2n) is 5.84. The summed E-state index contributed by atoms with van der Waals surface area (Å²) in [6.07, 6.45) is 3.84. The van der Waals surface area contributed by atoms with Crippen LogP contribution in [-0.2, 0) is 0 Å². The first-order chi connectivity index (χ1) is 8.58. The third-order valence-electron chi connectivity index (χ3n) is 4.03. The van der Waals surface area contributed by atoms with Crippen LogP contribution in [0.15, 0.2) is 0 Å². The Morgan fingerprint density at radius 2 is 1.56 bits per heavy atom. The summed E-state index contributed by atoms with van der Waals surface area (Å²) >= 11 is 0. The Morgan fingerprint density at radius 3 is 1.94 bits per heavy atom. The smallest absolute Gasteiger partial charge is 0.0217 e. The van der Waals surface area contributed by atoms with Gasteiger partial charge in [0.25, 0.3) is 0 Å². The van der Waals surface area contributed by atoms with Gasteiger partial charge in [-0.05, 0) is 31.3 Å². The lowest BCUT2D eigenvalue weighted by atomic mass is 10.00. The average molecular weight is 256 g/mol. The number of hydrogen-bond acceptors (Lipinski definition) is 2. The topological polar surface area (TPSA) is 15.3 Å². The van der Waals surface area contributed by atoms with Gasteiger partial charge in [-0.15, -0.1) is 0 Å². The van der Waals surface area contributed by atoms with Crippen molar-refractivity contribution < 1.29 is 0 Å². The molecule has 0 fully saturated rings. The van der Waals surface area contributed by atoms with Gasteiger partial charge in [0.2, 0.25) is 0 Å². The zero-order valence-electron chi connectivity index (χ0n) is 13.6. The molecule has 0 aromatic heterocycles. The molecule has 110 valence electrons. The molecule has 0 aliphatic heterocycles. The highest BCUT2D eigenvalue weighted by molar-refractivity contribution is 4.76. The van der Waals surface area contributed by atoms with Crippen LogP contribution in [0, 0.1) is 11.8 Å². The molecule has 2 nitrogen and oxygen atoms in total. The summed E-state index contributed by atoms with van der Waals surface area (Å²) in [6, 6.07) is 0.638. The van der Waals surface area contributed by atoms with Crippen LogP contribution in [0.3, 0.4) is 0 Å². The van der Waals surface area contributed by atoms with Crippen LogP contribution in [0.2, 0.25) is 0 Å². The van der Waals surface area contributed by atoms with Crippen molar-refractivity contribution >= 4 is 0 Å². The minimum atomic E-state index is 0.638. The number of likely N-dealkylation sites (N-methyl/N-ethyl adjacent to an activating group) is 1. The van der Waals surface area contributed by atoms with E-state index in [2.05, 4.69) is 51.8 Å². The maximum Gasteiger partial charge on any atom is 0.0217 e. The molecule has 2 heteroatoms. The summed E-state index contributed by atoms with van der Waals surface area (Å²) in [5.41, 5.74) is 0.